The molecule has 1 atom stereocenters. The van der Waals surface area contributed by atoms with Crippen LogP contribution in [0.25, 0.3) is 0 Å². The second-order valence-corrected chi connectivity index (χ2v) is 8.09. The summed E-state index contributed by atoms with van der Waals surface area (Å²) in [6.07, 6.45) is 2.46. The zero-order chi connectivity index (χ0) is 21.3. The molecule has 0 saturated carbocycles. The van der Waals surface area contributed by atoms with E-state index < -0.39 is 0 Å². The molecule has 0 spiro atoms. The van der Waals surface area contributed by atoms with Crippen molar-refractivity contribution in [1.82, 2.24) is 20.2 Å². The molecule has 3 rings (SSSR count). The van der Waals surface area contributed by atoms with Crippen molar-refractivity contribution in [2.45, 2.75) is 38.4 Å². The van der Waals surface area contributed by atoms with Gasteiger partial charge in [0.15, 0.2) is 5.16 Å². The first-order valence-electron chi connectivity index (χ1n) is 10.4. The van der Waals surface area contributed by atoms with Crippen LogP contribution in [0.4, 0.5) is 0 Å². The molecule has 0 bridgehead atoms. The Hall–Kier alpha value is -2.51. The molecule has 6 nitrogen and oxygen atoms in total. The van der Waals surface area contributed by atoms with Crippen LogP contribution in [0.1, 0.15) is 42.6 Å². The molecule has 0 fully saturated rings. The summed E-state index contributed by atoms with van der Waals surface area (Å²) < 4.78 is 5.59. The maximum absolute atomic E-state index is 12.4. The van der Waals surface area contributed by atoms with Gasteiger partial charge in [-0.3, -0.25) is 9.69 Å². The molecule has 30 heavy (non-hydrogen) atoms. The fraction of sp³-hybridized carbons (Fsp3) is 0.391. The van der Waals surface area contributed by atoms with Crippen LogP contribution in [0, 0.1) is 6.92 Å². The number of aromatic amines is 1. The van der Waals surface area contributed by atoms with Gasteiger partial charge in [0.05, 0.1) is 23.8 Å². The smallest absolute Gasteiger partial charge is 0.230 e. The molecule has 3 aromatic rings. The van der Waals surface area contributed by atoms with Crippen LogP contribution < -0.4 is 5.32 Å². The average Bonchev–Trinajstić information content (AvgIpc) is 3.40. The molecular formula is C23H30N4O2S. The van der Waals surface area contributed by atoms with Crippen LogP contribution in [-0.4, -0.2) is 46.2 Å². The molecule has 160 valence electrons. The van der Waals surface area contributed by atoms with Gasteiger partial charge in [0.1, 0.15) is 5.76 Å². The highest BCUT2D eigenvalue weighted by Crippen LogP contribution is 2.21. The molecule has 2 aromatic heterocycles. The van der Waals surface area contributed by atoms with Gasteiger partial charge in [-0.1, -0.05) is 55.9 Å². The Bertz CT molecular complexity index is 905. The molecule has 1 unspecified atom stereocenters. The summed E-state index contributed by atoms with van der Waals surface area (Å²) >= 11 is 1.43. The molecule has 7 heteroatoms. The Morgan fingerprint density at radius 1 is 1.20 bits per heavy atom. The van der Waals surface area contributed by atoms with Gasteiger partial charge in [0, 0.05) is 18.7 Å². The summed E-state index contributed by atoms with van der Waals surface area (Å²) in [7, 11) is 0. The van der Waals surface area contributed by atoms with E-state index in [0.717, 1.165) is 41.8 Å². The molecule has 0 saturated heterocycles. The van der Waals surface area contributed by atoms with Crippen LogP contribution in [0.5, 0.6) is 0 Å². The number of benzene rings is 1. The van der Waals surface area contributed by atoms with Gasteiger partial charge in [-0.15, -0.1) is 0 Å². The minimum absolute atomic E-state index is 0.0117. The highest BCUT2D eigenvalue weighted by Gasteiger charge is 2.21. The quantitative estimate of drug-likeness (QED) is 0.450. The van der Waals surface area contributed by atoms with Crippen molar-refractivity contribution in [2.24, 2.45) is 0 Å². The number of thioether (sulfide) groups is 1. The predicted molar refractivity (Wildman–Crippen MR) is 121 cm³/mol. The number of hydrogen-bond donors (Lipinski definition) is 2. The van der Waals surface area contributed by atoms with Crippen molar-refractivity contribution in [3.8, 4) is 0 Å². The third kappa shape index (κ3) is 6.00. The molecule has 1 amide bonds. The molecule has 2 N–H and O–H groups in total. The number of aromatic nitrogens is 2. The van der Waals surface area contributed by atoms with Crippen LogP contribution in [0.15, 0.2) is 58.3 Å². The van der Waals surface area contributed by atoms with Gasteiger partial charge in [0.25, 0.3) is 0 Å². The third-order valence-electron chi connectivity index (χ3n) is 5.14. The van der Waals surface area contributed by atoms with E-state index in [0.29, 0.717) is 12.3 Å². The van der Waals surface area contributed by atoms with E-state index in [9.17, 15) is 4.79 Å². The summed E-state index contributed by atoms with van der Waals surface area (Å²) in [4.78, 5) is 22.7. The lowest BCUT2D eigenvalue weighted by atomic mass is 10.1. The molecular weight excluding hydrogens is 396 g/mol. The number of rotatable bonds is 11. The molecule has 0 aliphatic carbocycles. The van der Waals surface area contributed by atoms with E-state index in [1.165, 1.54) is 17.3 Å². The number of furan rings is 1. The van der Waals surface area contributed by atoms with E-state index >= 15 is 0 Å². The number of nitrogens with zero attached hydrogens (tertiary/aromatic N) is 2. The Morgan fingerprint density at radius 2 is 1.97 bits per heavy atom. The molecule has 2 heterocycles. The summed E-state index contributed by atoms with van der Waals surface area (Å²) in [5.41, 5.74) is 3.28. The number of likely N-dealkylation sites (N-methyl/N-ethyl adjacent to an activating group) is 1. The van der Waals surface area contributed by atoms with E-state index in [1.807, 2.05) is 37.3 Å². The van der Waals surface area contributed by atoms with Gasteiger partial charge in [-0.05, 0) is 37.7 Å². The zero-order valence-corrected chi connectivity index (χ0v) is 18.7. The van der Waals surface area contributed by atoms with Gasteiger partial charge in [-0.2, -0.15) is 0 Å². The standard InChI is InChI=1S/C23H30N4O2S/c1-4-27(5-2)20(21-12-9-13-29-21)15-24-22(28)16-30-23-25-17(3)19(26-23)14-18-10-7-6-8-11-18/h6-13,20H,4-5,14-16H2,1-3H3,(H,24,28)(H,25,26). The maximum Gasteiger partial charge on any atom is 0.230 e. The predicted octanol–water partition coefficient (Wildman–Crippen LogP) is 4.19. The van der Waals surface area contributed by atoms with Gasteiger partial charge < -0.3 is 14.7 Å². The first kappa shape index (κ1) is 22.2. The van der Waals surface area contributed by atoms with Crippen molar-refractivity contribution in [1.29, 1.82) is 0 Å². The first-order valence-corrected chi connectivity index (χ1v) is 11.4. The number of carbonyl (C=O) groups excluding carboxylic acids is 1. The van der Waals surface area contributed by atoms with Crippen LogP contribution in [0.3, 0.4) is 0 Å². The van der Waals surface area contributed by atoms with Crippen LogP contribution >= 0.6 is 11.8 Å². The molecule has 1 aromatic carbocycles. The Labute approximate surface area is 182 Å². The number of aryl methyl sites for hydroxylation is 1. The topological polar surface area (TPSA) is 74.2 Å². The molecule has 0 radical (unpaired) electrons. The van der Waals surface area contributed by atoms with E-state index in [4.69, 9.17) is 4.42 Å². The number of imidazole rings is 1. The number of nitrogens with one attached hydrogen (secondary N) is 2. The summed E-state index contributed by atoms with van der Waals surface area (Å²) in [5, 5.41) is 3.83. The minimum Gasteiger partial charge on any atom is -0.468 e. The van der Waals surface area contributed by atoms with E-state index in [2.05, 4.69) is 46.2 Å². The van der Waals surface area contributed by atoms with Crippen molar-refractivity contribution in [3.05, 3.63) is 71.4 Å². The Kier molecular flexibility index (Phi) is 8.16. The normalized spacial score (nSPS) is 12.3. The average molecular weight is 427 g/mol. The van der Waals surface area contributed by atoms with Crippen LogP contribution in [0.2, 0.25) is 0 Å². The molecule has 0 aliphatic rings. The van der Waals surface area contributed by atoms with E-state index in [1.54, 1.807) is 6.26 Å². The lowest BCUT2D eigenvalue weighted by Crippen LogP contribution is -2.38. The van der Waals surface area contributed by atoms with Crippen molar-refractivity contribution >= 4 is 17.7 Å². The number of H-pyrrole nitrogens is 1. The lowest BCUT2D eigenvalue weighted by Gasteiger charge is -2.28. The first-order chi connectivity index (χ1) is 14.6. The number of carbonyl (C=O) groups is 1. The van der Waals surface area contributed by atoms with Gasteiger partial charge in [0.2, 0.25) is 5.91 Å². The summed E-state index contributed by atoms with van der Waals surface area (Å²) in [6, 6.07) is 14.2. The van der Waals surface area contributed by atoms with Crippen molar-refractivity contribution < 1.29 is 9.21 Å². The van der Waals surface area contributed by atoms with Crippen LogP contribution in [-0.2, 0) is 11.2 Å². The highest BCUT2D eigenvalue weighted by molar-refractivity contribution is 7.99. The largest absolute Gasteiger partial charge is 0.468 e. The lowest BCUT2D eigenvalue weighted by molar-refractivity contribution is -0.118. The second-order valence-electron chi connectivity index (χ2n) is 7.12. The van der Waals surface area contributed by atoms with E-state index in [-0.39, 0.29) is 11.9 Å². The monoisotopic (exact) mass is 426 g/mol. The SMILES string of the molecule is CCN(CC)C(CNC(=O)CSc1nc(Cc2ccccc2)c(C)[nH]1)c1ccco1. The van der Waals surface area contributed by atoms with Gasteiger partial charge in [-0.25, -0.2) is 4.98 Å². The Morgan fingerprint density at radius 3 is 2.63 bits per heavy atom. The fourth-order valence-corrected chi connectivity index (χ4v) is 4.22. The van der Waals surface area contributed by atoms with Gasteiger partial charge >= 0.3 is 0 Å². The summed E-state index contributed by atoms with van der Waals surface area (Å²) in [5.74, 6) is 1.18. The molecule has 0 aliphatic heterocycles. The summed E-state index contributed by atoms with van der Waals surface area (Å²) in [6.45, 7) is 8.55. The minimum atomic E-state index is -0.0117. The zero-order valence-electron chi connectivity index (χ0n) is 17.9. The fourth-order valence-electron chi connectivity index (χ4n) is 3.45. The second kappa shape index (κ2) is 11.0. The maximum atomic E-state index is 12.4. The van der Waals surface area contributed by atoms with Crippen molar-refractivity contribution in [3.63, 3.8) is 0 Å². The van der Waals surface area contributed by atoms with Crippen molar-refractivity contribution in [2.75, 3.05) is 25.4 Å². The number of amides is 1. The highest BCUT2D eigenvalue weighted by atomic mass is 32.2. The Balaban J connectivity index is 1.52. The third-order valence-corrected chi connectivity index (χ3v) is 6.01. The number of hydrogen-bond acceptors (Lipinski definition) is 5.